The normalized spacial score (nSPS) is 21.7. The van der Waals surface area contributed by atoms with Crippen LogP contribution < -0.4 is 5.73 Å². The minimum Gasteiger partial charge on any atom is -0.381 e. The Balaban J connectivity index is 2.37. The topological polar surface area (TPSA) is 90.5 Å². The summed E-state index contributed by atoms with van der Waals surface area (Å²) >= 11 is 0. The third-order valence-corrected chi connectivity index (χ3v) is 5.49. The number of morpholine rings is 1. The fourth-order valence-electron chi connectivity index (χ4n) is 2.22. The maximum atomic E-state index is 12.6. The van der Waals surface area contributed by atoms with Crippen molar-refractivity contribution in [2.24, 2.45) is 7.05 Å². The van der Waals surface area contributed by atoms with E-state index in [1.165, 1.54) is 8.99 Å². The van der Waals surface area contributed by atoms with Crippen molar-refractivity contribution >= 4 is 15.8 Å². The molecule has 7 nitrogen and oxygen atoms in total. The van der Waals surface area contributed by atoms with E-state index in [0.29, 0.717) is 25.4 Å². The average Bonchev–Trinajstić information content (AvgIpc) is 2.63. The molecule has 0 amide bonds. The molecule has 1 saturated heterocycles. The number of hydrogen-bond acceptors (Lipinski definition) is 5. The number of hydrogen-bond donors (Lipinski definition) is 1. The van der Waals surface area contributed by atoms with Crippen molar-refractivity contribution in [1.82, 2.24) is 14.1 Å². The third kappa shape index (κ3) is 2.47. The first-order valence-electron chi connectivity index (χ1n) is 6.28. The summed E-state index contributed by atoms with van der Waals surface area (Å²) in [5, 5.41) is 3.97. The van der Waals surface area contributed by atoms with Gasteiger partial charge in [-0.25, -0.2) is 8.42 Å². The fourth-order valence-corrected chi connectivity index (χ4v) is 3.97. The third-order valence-electron chi connectivity index (χ3n) is 3.46. The maximum absolute atomic E-state index is 12.6. The second-order valence-corrected chi connectivity index (χ2v) is 6.56. The van der Waals surface area contributed by atoms with E-state index in [1.54, 1.807) is 14.0 Å². The van der Waals surface area contributed by atoms with Gasteiger partial charge in [-0.1, -0.05) is 6.92 Å². The number of rotatable bonds is 3. The Kier molecular flexibility index (Phi) is 3.84. The molecule has 2 rings (SSSR count). The number of nitrogens with zero attached hydrogens (tertiary/aromatic N) is 3. The van der Waals surface area contributed by atoms with Gasteiger partial charge in [-0.2, -0.15) is 9.40 Å². The van der Waals surface area contributed by atoms with Crippen molar-refractivity contribution in [2.75, 3.05) is 25.4 Å². The van der Waals surface area contributed by atoms with Crippen LogP contribution in [-0.2, 0) is 21.8 Å². The number of ether oxygens (including phenoxy) is 1. The molecule has 0 aromatic carbocycles. The van der Waals surface area contributed by atoms with Gasteiger partial charge in [-0.3, -0.25) is 4.68 Å². The molecule has 0 spiro atoms. The number of anilines is 1. The van der Waals surface area contributed by atoms with Crippen LogP contribution in [0, 0.1) is 6.92 Å². The van der Waals surface area contributed by atoms with Gasteiger partial charge >= 0.3 is 0 Å². The van der Waals surface area contributed by atoms with E-state index in [2.05, 4.69) is 5.10 Å². The molecule has 2 heterocycles. The summed E-state index contributed by atoms with van der Waals surface area (Å²) in [5.41, 5.74) is 6.29. The Morgan fingerprint density at radius 2 is 2.21 bits per heavy atom. The number of aryl methyl sites for hydroxylation is 1. The highest BCUT2D eigenvalue weighted by Gasteiger charge is 2.34. The van der Waals surface area contributed by atoms with Crippen LogP contribution in [0.2, 0.25) is 0 Å². The lowest BCUT2D eigenvalue weighted by molar-refractivity contribution is -0.00278. The van der Waals surface area contributed by atoms with E-state index in [9.17, 15) is 8.42 Å². The molecule has 1 fully saturated rings. The van der Waals surface area contributed by atoms with Crippen molar-refractivity contribution in [1.29, 1.82) is 0 Å². The van der Waals surface area contributed by atoms with Crippen LogP contribution in [0.4, 0.5) is 5.82 Å². The molecule has 8 heteroatoms. The van der Waals surface area contributed by atoms with Crippen molar-refractivity contribution < 1.29 is 13.2 Å². The highest BCUT2D eigenvalue weighted by molar-refractivity contribution is 7.89. The molecule has 0 radical (unpaired) electrons. The van der Waals surface area contributed by atoms with Crippen LogP contribution in [0.25, 0.3) is 0 Å². The lowest BCUT2D eigenvalue weighted by Gasteiger charge is -2.31. The zero-order chi connectivity index (χ0) is 14.2. The van der Waals surface area contributed by atoms with Gasteiger partial charge in [0, 0.05) is 20.1 Å². The van der Waals surface area contributed by atoms with E-state index in [4.69, 9.17) is 10.5 Å². The standard InChI is InChI=1S/C11H20N4O3S/c1-4-9-7-15(5-6-18-9)19(16,17)10-8(2)14(3)13-11(10)12/h9H,4-7H2,1-3H3,(H2,12,13). The van der Waals surface area contributed by atoms with Gasteiger partial charge in [0.2, 0.25) is 10.0 Å². The average molecular weight is 288 g/mol. The molecule has 1 aromatic heterocycles. The summed E-state index contributed by atoms with van der Waals surface area (Å²) in [6, 6.07) is 0. The van der Waals surface area contributed by atoms with Crippen molar-refractivity contribution in [3.63, 3.8) is 0 Å². The Hall–Kier alpha value is -1.12. The Labute approximate surface area is 113 Å². The van der Waals surface area contributed by atoms with Crippen molar-refractivity contribution in [3.8, 4) is 0 Å². The molecular weight excluding hydrogens is 268 g/mol. The number of nitrogens with two attached hydrogens (primary N) is 1. The van der Waals surface area contributed by atoms with Gasteiger partial charge < -0.3 is 10.5 Å². The molecule has 19 heavy (non-hydrogen) atoms. The Bertz CT molecular complexity index is 567. The Morgan fingerprint density at radius 3 is 2.74 bits per heavy atom. The molecule has 1 unspecified atom stereocenters. The summed E-state index contributed by atoms with van der Waals surface area (Å²) in [6.45, 7) is 4.81. The SMILES string of the molecule is CCC1CN(S(=O)(=O)c2c(N)nn(C)c2C)CCO1. The van der Waals surface area contributed by atoms with Crippen LogP contribution in [0.15, 0.2) is 4.90 Å². The van der Waals surface area contributed by atoms with Gasteiger partial charge in [-0.05, 0) is 13.3 Å². The molecule has 0 saturated carbocycles. The molecule has 1 aromatic rings. The van der Waals surface area contributed by atoms with Crippen LogP contribution in [0.1, 0.15) is 19.0 Å². The highest BCUT2D eigenvalue weighted by Crippen LogP contribution is 2.26. The highest BCUT2D eigenvalue weighted by atomic mass is 32.2. The molecule has 1 atom stereocenters. The summed E-state index contributed by atoms with van der Waals surface area (Å²) in [7, 11) is -1.92. The van der Waals surface area contributed by atoms with Gasteiger partial charge in [0.25, 0.3) is 0 Å². The van der Waals surface area contributed by atoms with Gasteiger partial charge in [-0.15, -0.1) is 0 Å². The van der Waals surface area contributed by atoms with E-state index in [0.717, 1.165) is 6.42 Å². The van der Waals surface area contributed by atoms with Crippen molar-refractivity contribution in [3.05, 3.63) is 5.69 Å². The lowest BCUT2D eigenvalue weighted by atomic mass is 10.2. The lowest BCUT2D eigenvalue weighted by Crippen LogP contribution is -2.45. The van der Waals surface area contributed by atoms with E-state index < -0.39 is 10.0 Å². The van der Waals surface area contributed by atoms with Crippen LogP contribution >= 0.6 is 0 Å². The molecular formula is C11H20N4O3S. The minimum atomic E-state index is -3.60. The largest absolute Gasteiger partial charge is 0.381 e. The van der Waals surface area contributed by atoms with E-state index in [-0.39, 0.29) is 16.8 Å². The quantitative estimate of drug-likeness (QED) is 0.852. The zero-order valence-electron chi connectivity index (χ0n) is 11.5. The first kappa shape index (κ1) is 14.3. The number of nitrogen functional groups attached to an aromatic ring is 1. The molecule has 2 N–H and O–H groups in total. The summed E-state index contributed by atoms with van der Waals surface area (Å²) in [6.07, 6.45) is 0.731. The second-order valence-electron chi connectivity index (χ2n) is 4.69. The van der Waals surface area contributed by atoms with E-state index >= 15 is 0 Å². The zero-order valence-corrected chi connectivity index (χ0v) is 12.3. The van der Waals surface area contributed by atoms with Crippen molar-refractivity contribution in [2.45, 2.75) is 31.3 Å². The molecule has 0 aliphatic carbocycles. The summed E-state index contributed by atoms with van der Waals surface area (Å²) < 4.78 is 33.7. The van der Waals surface area contributed by atoms with Gasteiger partial charge in [0.1, 0.15) is 4.90 Å². The predicted octanol–water partition coefficient (Wildman–Crippen LogP) is 0.110. The van der Waals surface area contributed by atoms with Crippen LogP contribution in [0.3, 0.4) is 0 Å². The number of sulfonamides is 1. The first-order chi connectivity index (χ1) is 8.87. The van der Waals surface area contributed by atoms with Crippen LogP contribution in [-0.4, -0.2) is 48.3 Å². The summed E-state index contributed by atoms with van der Waals surface area (Å²) in [5.74, 6) is 0.0551. The van der Waals surface area contributed by atoms with Crippen LogP contribution in [0.5, 0.6) is 0 Å². The van der Waals surface area contributed by atoms with Gasteiger partial charge in [0.05, 0.1) is 18.4 Å². The predicted molar refractivity (Wildman–Crippen MR) is 71.1 cm³/mol. The monoisotopic (exact) mass is 288 g/mol. The smallest absolute Gasteiger partial charge is 0.248 e. The molecule has 0 bridgehead atoms. The molecule has 108 valence electrons. The number of aromatic nitrogens is 2. The molecule has 1 aliphatic rings. The van der Waals surface area contributed by atoms with E-state index in [1.807, 2.05) is 6.92 Å². The Morgan fingerprint density at radius 1 is 1.53 bits per heavy atom. The molecule has 1 aliphatic heterocycles. The maximum Gasteiger partial charge on any atom is 0.248 e. The fraction of sp³-hybridized carbons (Fsp3) is 0.727. The summed E-state index contributed by atoms with van der Waals surface area (Å²) in [4.78, 5) is 0.117. The second kappa shape index (κ2) is 5.10. The minimum absolute atomic E-state index is 0.0540. The van der Waals surface area contributed by atoms with Gasteiger partial charge in [0.15, 0.2) is 5.82 Å². The first-order valence-corrected chi connectivity index (χ1v) is 7.72.